The average Bonchev–Trinajstić information content (AvgIpc) is 1.43. The second-order valence-electron chi connectivity index (χ2n) is 1.59. The molecule has 0 aliphatic rings. The Kier molecular flexibility index (Phi) is 16.8. The van der Waals surface area contributed by atoms with E-state index in [9.17, 15) is 18.6 Å². The van der Waals surface area contributed by atoms with Crippen molar-refractivity contribution in [2.75, 3.05) is 0 Å². The van der Waals surface area contributed by atoms with Crippen molar-refractivity contribution < 1.29 is 133 Å². The minimum atomic E-state index is -5.60. The topological polar surface area (TPSA) is 204 Å². The molecule has 88 valence electrons. The quantitative estimate of drug-likeness (QED) is 0.280. The Labute approximate surface area is 154 Å². The molecule has 0 saturated heterocycles. The smallest absolute Gasteiger partial charge is 0.870 e. The van der Waals surface area contributed by atoms with E-state index in [2.05, 4.69) is 8.62 Å². The molecular formula is H5KNaO11P3. The summed E-state index contributed by atoms with van der Waals surface area (Å²) >= 11 is 0. The summed E-state index contributed by atoms with van der Waals surface area (Å²) in [5, 5.41) is 0. The SMILES string of the molecule is O=P([O-])(O)OP(=O)(O)OP(=O)(O)O.[K+].[Na+].[OH-]. The van der Waals surface area contributed by atoms with Gasteiger partial charge in [-0.3, -0.25) is 4.57 Å². The molecule has 16 heteroatoms. The molecule has 0 saturated carbocycles. The number of rotatable bonds is 4. The van der Waals surface area contributed by atoms with E-state index in [-0.39, 0.29) is 86.4 Å². The minimum absolute atomic E-state index is 0. The summed E-state index contributed by atoms with van der Waals surface area (Å²) in [6, 6.07) is 0. The zero-order chi connectivity index (χ0) is 10.9. The molecule has 16 heavy (non-hydrogen) atoms. The summed E-state index contributed by atoms with van der Waals surface area (Å²) in [5.41, 5.74) is 0. The van der Waals surface area contributed by atoms with Gasteiger partial charge in [0.05, 0.1) is 0 Å². The molecule has 0 rings (SSSR count). The Hall–Kier alpha value is 3.01. The Morgan fingerprint density at radius 1 is 0.938 bits per heavy atom. The predicted molar refractivity (Wildman–Crippen MR) is 35.8 cm³/mol. The molecule has 2 atom stereocenters. The third-order valence-corrected chi connectivity index (χ3v) is 3.74. The number of hydrogen-bond donors (Lipinski definition) is 4. The second kappa shape index (κ2) is 9.84. The van der Waals surface area contributed by atoms with Gasteiger partial charge in [0.15, 0.2) is 0 Å². The van der Waals surface area contributed by atoms with Gasteiger partial charge in [0, 0.05) is 0 Å². The van der Waals surface area contributed by atoms with Crippen LogP contribution in [-0.2, 0) is 22.3 Å². The number of hydrogen-bond acceptors (Lipinski definition) is 7. The van der Waals surface area contributed by atoms with Crippen LogP contribution in [0.2, 0.25) is 0 Å². The predicted octanol–water partition coefficient (Wildman–Crippen LogP) is -7.50. The first-order chi connectivity index (χ1) is 5.41. The molecule has 0 aromatic carbocycles. The third kappa shape index (κ3) is 19.3. The number of phosphoric acid groups is 3. The molecule has 11 nitrogen and oxygen atoms in total. The molecule has 2 unspecified atom stereocenters. The van der Waals surface area contributed by atoms with Gasteiger partial charge in [0.2, 0.25) is 0 Å². The maximum absolute atomic E-state index is 10.3. The van der Waals surface area contributed by atoms with E-state index in [1.807, 2.05) is 0 Å². The molecule has 0 spiro atoms. The van der Waals surface area contributed by atoms with Gasteiger partial charge >= 0.3 is 96.6 Å². The maximum Gasteiger partial charge on any atom is 1.00 e. The molecular weight excluding hydrogens is 331 g/mol. The molecule has 0 aromatic heterocycles. The van der Waals surface area contributed by atoms with E-state index in [4.69, 9.17) is 19.6 Å². The molecule has 0 radical (unpaired) electrons. The molecule has 0 aliphatic carbocycles. The molecule has 0 fully saturated rings. The Morgan fingerprint density at radius 3 is 1.44 bits per heavy atom. The molecule has 0 amide bonds. The minimum Gasteiger partial charge on any atom is -0.870 e. The molecule has 0 aliphatic heterocycles. The largest absolute Gasteiger partial charge is 1.00 e. The Balaban J connectivity index is -0.000000240. The standard InChI is InChI=1S/K.Na.H5O10P3.H2O/c;;1-11(2,3)9-13(7,8)10-12(4,5)6;/h;;(H,7,8)(H2,1,2,3)(H2,4,5,6);1H2/q2*+1;;/p-2. The molecule has 5 N–H and O–H groups in total. The van der Waals surface area contributed by atoms with E-state index in [1.54, 1.807) is 0 Å². The molecule has 0 aromatic rings. The monoisotopic (exact) mass is 336 g/mol. The van der Waals surface area contributed by atoms with E-state index in [0.717, 1.165) is 0 Å². The van der Waals surface area contributed by atoms with E-state index in [1.165, 1.54) is 0 Å². The molecule has 0 bridgehead atoms. The van der Waals surface area contributed by atoms with Crippen molar-refractivity contribution in [3.63, 3.8) is 0 Å². The second-order valence-corrected chi connectivity index (χ2v) is 5.75. The van der Waals surface area contributed by atoms with Crippen LogP contribution in [0.25, 0.3) is 0 Å². The summed E-state index contributed by atoms with van der Waals surface area (Å²) < 4.78 is 36.1. The van der Waals surface area contributed by atoms with Crippen molar-refractivity contribution in [3.05, 3.63) is 0 Å². The van der Waals surface area contributed by atoms with Gasteiger partial charge in [-0.1, -0.05) is 0 Å². The van der Waals surface area contributed by atoms with Gasteiger partial charge in [-0.05, 0) is 0 Å². The van der Waals surface area contributed by atoms with Crippen LogP contribution in [0.1, 0.15) is 0 Å². The van der Waals surface area contributed by atoms with Gasteiger partial charge in [-0.25, -0.2) is 13.4 Å². The van der Waals surface area contributed by atoms with Crippen LogP contribution in [0.3, 0.4) is 0 Å². The molecule has 0 heterocycles. The fourth-order valence-electron chi connectivity index (χ4n) is 0.280. The fourth-order valence-corrected chi connectivity index (χ4v) is 2.79. The van der Waals surface area contributed by atoms with Crippen molar-refractivity contribution in [2.45, 2.75) is 0 Å². The summed E-state index contributed by atoms with van der Waals surface area (Å²) in [6.45, 7) is 0. The third-order valence-electron chi connectivity index (χ3n) is 0.416. The van der Waals surface area contributed by atoms with Crippen LogP contribution in [0.4, 0.5) is 0 Å². The van der Waals surface area contributed by atoms with Gasteiger partial charge < -0.3 is 29.9 Å². The maximum atomic E-state index is 10.3. The first-order valence-corrected chi connectivity index (χ1v) is 6.78. The van der Waals surface area contributed by atoms with Crippen molar-refractivity contribution in [1.82, 2.24) is 0 Å². The van der Waals surface area contributed by atoms with Gasteiger partial charge in [0.25, 0.3) is 7.82 Å². The Morgan fingerprint density at radius 2 is 1.25 bits per heavy atom. The zero-order valence-corrected chi connectivity index (χ0v) is 15.8. The zero-order valence-electron chi connectivity index (χ0n) is 8.03. The van der Waals surface area contributed by atoms with Crippen LogP contribution in [0.5, 0.6) is 0 Å². The summed E-state index contributed by atoms with van der Waals surface area (Å²) in [5.74, 6) is 0. The van der Waals surface area contributed by atoms with Gasteiger partial charge in [-0.2, -0.15) is 4.31 Å². The van der Waals surface area contributed by atoms with Gasteiger partial charge in [-0.15, -0.1) is 0 Å². The van der Waals surface area contributed by atoms with E-state index in [0.29, 0.717) is 0 Å². The van der Waals surface area contributed by atoms with Crippen LogP contribution < -0.4 is 85.8 Å². The summed E-state index contributed by atoms with van der Waals surface area (Å²) in [4.78, 5) is 41.9. The van der Waals surface area contributed by atoms with Crippen LogP contribution >= 0.6 is 23.5 Å². The average molecular weight is 336 g/mol. The van der Waals surface area contributed by atoms with Crippen molar-refractivity contribution >= 4 is 23.5 Å². The first-order valence-electron chi connectivity index (χ1n) is 2.26. The van der Waals surface area contributed by atoms with E-state index < -0.39 is 23.5 Å². The normalized spacial score (nSPS) is 17.8. The van der Waals surface area contributed by atoms with Crippen LogP contribution in [-0.4, -0.2) is 25.0 Å². The summed E-state index contributed by atoms with van der Waals surface area (Å²) in [7, 11) is -16.5. The van der Waals surface area contributed by atoms with Crippen LogP contribution in [0.15, 0.2) is 0 Å². The first kappa shape index (κ1) is 27.4. The Bertz CT molecular complexity index is 283. The van der Waals surface area contributed by atoms with Crippen molar-refractivity contribution in [2.24, 2.45) is 0 Å². The van der Waals surface area contributed by atoms with Gasteiger partial charge in [0.1, 0.15) is 0 Å². The van der Waals surface area contributed by atoms with Crippen molar-refractivity contribution in [1.29, 1.82) is 0 Å². The van der Waals surface area contributed by atoms with Crippen LogP contribution in [0, 0.1) is 0 Å². The fraction of sp³-hybridized carbons (Fsp3) is 0. The van der Waals surface area contributed by atoms with E-state index >= 15 is 0 Å². The van der Waals surface area contributed by atoms with Crippen molar-refractivity contribution in [3.8, 4) is 0 Å². The summed E-state index contributed by atoms with van der Waals surface area (Å²) in [6.07, 6.45) is 0.